The Kier molecular flexibility index (Phi) is 6.06. The summed E-state index contributed by atoms with van der Waals surface area (Å²) in [5.74, 6) is -0.296. The second-order valence-electron chi connectivity index (χ2n) is 1.47. The van der Waals surface area contributed by atoms with E-state index in [-0.39, 0.29) is 40.3 Å². The molecule has 1 rings (SSSR count). The average molecular weight is 313 g/mol. The van der Waals surface area contributed by atoms with Gasteiger partial charge in [-0.1, -0.05) is 0 Å². The summed E-state index contributed by atoms with van der Waals surface area (Å²) in [5.41, 5.74) is 0. The molecule has 0 aliphatic carbocycles. The molecule has 0 spiro atoms. The minimum atomic E-state index is -0.148. The van der Waals surface area contributed by atoms with Crippen molar-refractivity contribution in [2.45, 2.75) is 12.8 Å². The molecule has 1 aliphatic rings. The van der Waals surface area contributed by atoms with Crippen LogP contribution in [-0.4, -0.2) is 11.8 Å². The van der Waals surface area contributed by atoms with Crippen LogP contribution >= 0.6 is 0 Å². The van der Waals surface area contributed by atoms with Crippen molar-refractivity contribution in [2.24, 2.45) is 0 Å². The molecule has 0 unspecified atom stereocenters. The zero-order chi connectivity index (χ0) is 5.28. The van der Waals surface area contributed by atoms with Crippen LogP contribution in [0.25, 0.3) is 0 Å². The van der Waals surface area contributed by atoms with Crippen LogP contribution < -0.4 is 11.5 Å². The van der Waals surface area contributed by atoms with Crippen LogP contribution in [0.1, 0.15) is 12.8 Å². The van der Waals surface area contributed by atoms with Crippen molar-refractivity contribution >= 4 is 11.8 Å². The summed E-state index contributed by atoms with van der Waals surface area (Å²) in [5, 5.41) is 2.14. The van der Waals surface area contributed by atoms with E-state index >= 15 is 0 Å². The van der Waals surface area contributed by atoms with E-state index in [1.807, 2.05) is 0 Å². The second-order valence-corrected chi connectivity index (χ2v) is 1.47. The second kappa shape index (κ2) is 4.69. The monoisotopic (exact) mass is 313 g/mol. The Balaban J connectivity index is 0. The van der Waals surface area contributed by atoms with Crippen LogP contribution in [0, 0.1) is 0 Å². The van der Waals surface area contributed by atoms with E-state index < -0.39 is 0 Å². The van der Waals surface area contributed by atoms with E-state index in [1.54, 1.807) is 0 Å². The third kappa shape index (κ3) is 3.42. The van der Waals surface area contributed by atoms with Gasteiger partial charge in [0, 0.05) is 12.8 Å². The van der Waals surface area contributed by atoms with Crippen LogP contribution in [0.5, 0.6) is 0 Å². The molecule has 0 bridgehead atoms. The molecule has 9 heavy (non-hydrogen) atoms. The largest absolute Gasteiger partial charge is 3.00 e. The topological polar surface area (TPSA) is 81.2 Å². The first-order chi connectivity index (χ1) is 3.29. The molecule has 2 amide bonds. The normalized spacial score (nSPS) is 15.6. The van der Waals surface area contributed by atoms with E-state index in [0.29, 0.717) is 12.8 Å². The standard InChI is InChI=1S/C4H5NO2.Au.H3N/c6-3-1-2-4(7)5-3;;/h1-2H2,(H,5,6,7);;1H3/q;+3;. The molecule has 0 atom stereocenters. The minimum Gasteiger partial charge on any atom is -0.344 e. The third-order valence-corrected chi connectivity index (χ3v) is 0.858. The number of nitrogens with one attached hydrogen (secondary N) is 1. The molecule has 5 heteroatoms. The number of hydrogen-bond acceptors (Lipinski definition) is 3. The van der Waals surface area contributed by atoms with Crippen molar-refractivity contribution < 1.29 is 32.0 Å². The smallest absolute Gasteiger partial charge is 0.344 e. The van der Waals surface area contributed by atoms with Crippen molar-refractivity contribution in [3.8, 4) is 0 Å². The Bertz CT molecular complexity index is 112. The molecule has 0 radical (unpaired) electrons. The molecule has 1 fully saturated rings. The summed E-state index contributed by atoms with van der Waals surface area (Å²) in [4.78, 5) is 20.2. The minimum absolute atomic E-state index is 0. The zero-order valence-electron chi connectivity index (χ0n) is 4.74. The van der Waals surface area contributed by atoms with E-state index in [1.165, 1.54) is 0 Å². The maximum atomic E-state index is 10.1. The fourth-order valence-corrected chi connectivity index (χ4v) is 0.508. The zero-order valence-corrected chi connectivity index (χ0v) is 6.91. The summed E-state index contributed by atoms with van der Waals surface area (Å²) >= 11 is 0. The van der Waals surface area contributed by atoms with Gasteiger partial charge in [-0.2, -0.15) is 0 Å². The van der Waals surface area contributed by atoms with Gasteiger partial charge >= 0.3 is 22.4 Å². The van der Waals surface area contributed by atoms with Crippen LogP contribution in [0.3, 0.4) is 0 Å². The maximum absolute atomic E-state index is 10.1. The molecule has 1 heterocycles. The first-order valence-electron chi connectivity index (χ1n) is 2.12. The molecule has 0 aromatic carbocycles. The Hall–Kier alpha value is -0.160. The fourth-order valence-electron chi connectivity index (χ4n) is 0.508. The Labute approximate surface area is 68.5 Å². The van der Waals surface area contributed by atoms with E-state index in [4.69, 9.17) is 0 Å². The number of hydrogen-bond donors (Lipinski definition) is 2. The van der Waals surface area contributed by atoms with Crippen LogP contribution in [0.4, 0.5) is 0 Å². The first-order valence-corrected chi connectivity index (χ1v) is 2.12. The quantitative estimate of drug-likeness (QED) is 0.471. The van der Waals surface area contributed by atoms with Gasteiger partial charge in [0.1, 0.15) is 0 Å². The molecular formula is C4H8AuN2O2+3. The van der Waals surface area contributed by atoms with Gasteiger partial charge in [-0.3, -0.25) is 14.9 Å². The number of imide groups is 1. The van der Waals surface area contributed by atoms with E-state index in [2.05, 4.69) is 5.32 Å². The summed E-state index contributed by atoms with van der Waals surface area (Å²) in [6, 6.07) is 0. The molecule has 0 aromatic heterocycles. The third-order valence-electron chi connectivity index (χ3n) is 0.858. The van der Waals surface area contributed by atoms with Gasteiger partial charge in [0.25, 0.3) is 0 Å². The predicted molar refractivity (Wildman–Crippen MR) is 27.4 cm³/mol. The first kappa shape index (κ1) is 11.6. The van der Waals surface area contributed by atoms with Gasteiger partial charge in [-0.25, -0.2) is 0 Å². The predicted octanol–water partition coefficient (Wildman–Crippen LogP) is -0.418. The molecule has 1 saturated heterocycles. The molecule has 54 valence electrons. The van der Waals surface area contributed by atoms with Gasteiger partial charge in [0.15, 0.2) is 0 Å². The number of carbonyl (C=O) groups is 2. The fraction of sp³-hybridized carbons (Fsp3) is 0.500. The summed E-state index contributed by atoms with van der Waals surface area (Å²) < 4.78 is 0. The van der Waals surface area contributed by atoms with Crippen molar-refractivity contribution in [3.05, 3.63) is 0 Å². The van der Waals surface area contributed by atoms with Gasteiger partial charge in [0.2, 0.25) is 11.8 Å². The Morgan fingerprint density at radius 1 is 1.11 bits per heavy atom. The van der Waals surface area contributed by atoms with E-state index in [9.17, 15) is 9.59 Å². The number of carbonyl (C=O) groups excluding carboxylic acids is 2. The Morgan fingerprint density at radius 2 is 1.44 bits per heavy atom. The Morgan fingerprint density at radius 3 is 1.56 bits per heavy atom. The molecule has 4 N–H and O–H groups in total. The average Bonchev–Trinajstić information content (AvgIpc) is 1.87. The van der Waals surface area contributed by atoms with Crippen molar-refractivity contribution in [3.63, 3.8) is 0 Å². The van der Waals surface area contributed by atoms with Crippen LogP contribution in [-0.2, 0) is 32.0 Å². The maximum Gasteiger partial charge on any atom is 3.00 e. The summed E-state index contributed by atoms with van der Waals surface area (Å²) in [7, 11) is 0. The van der Waals surface area contributed by atoms with Crippen LogP contribution in [0.15, 0.2) is 0 Å². The van der Waals surface area contributed by atoms with Crippen LogP contribution in [0.2, 0.25) is 0 Å². The van der Waals surface area contributed by atoms with Crippen molar-refractivity contribution in [1.82, 2.24) is 11.5 Å². The molecule has 4 nitrogen and oxygen atoms in total. The molecular weight excluding hydrogens is 305 g/mol. The van der Waals surface area contributed by atoms with Gasteiger partial charge < -0.3 is 6.15 Å². The number of rotatable bonds is 0. The van der Waals surface area contributed by atoms with Gasteiger partial charge in [-0.15, -0.1) is 0 Å². The molecule has 1 aliphatic heterocycles. The summed E-state index contributed by atoms with van der Waals surface area (Å²) in [6.07, 6.45) is 0.748. The SMILES string of the molecule is N.O=C1CCC(=O)N1.[Au+3]. The van der Waals surface area contributed by atoms with Crippen molar-refractivity contribution in [2.75, 3.05) is 0 Å². The van der Waals surface area contributed by atoms with Gasteiger partial charge in [0.05, 0.1) is 0 Å². The molecule has 0 aromatic rings. The van der Waals surface area contributed by atoms with Gasteiger partial charge in [-0.05, 0) is 0 Å². The van der Waals surface area contributed by atoms with Crippen molar-refractivity contribution in [1.29, 1.82) is 0 Å². The summed E-state index contributed by atoms with van der Waals surface area (Å²) in [6.45, 7) is 0. The molecule has 0 saturated carbocycles. The van der Waals surface area contributed by atoms with E-state index in [0.717, 1.165) is 0 Å². The number of amides is 2.